The van der Waals surface area contributed by atoms with Gasteiger partial charge in [0, 0.05) is 11.8 Å². The Balaban J connectivity index is 1.19. The van der Waals surface area contributed by atoms with Crippen molar-refractivity contribution in [3.8, 4) is 0 Å². The second-order valence-corrected chi connectivity index (χ2v) is 9.03. The Morgan fingerprint density at radius 2 is 1.36 bits per heavy atom. The quantitative estimate of drug-likeness (QED) is 0.567. The SMILES string of the molecule is Fc1cc(CC[C@H]2CC[C@H]([C@H]3OC[C@H](C4CCCC4)CO3)CC2)cc(F)c1F. The first kappa shape index (κ1) is 20.2. The minimum atomic E-state index is -1.38. The Kier molecular flexibility index (Phi) is 6.62. The summed E-state index contributed by atoms with van der Waals surface area (Å²) in [5, 5.41) is 0. The maximum Gasteiger partial charge on any atom is 0.194 e. The first-order valence-corrected chi connectivity index (χ1v) is 11.0. The minimum absolute atomic E-state index is 0.0566. The van der Waals surface area contributed by atoms with Crippen LogP contribution in [0.5, 0.6) is 0 Å². The summed E-state index contributed by atoms with van der Waals surface area (Å²) >= 11 is 0. The molecule has 5 heteroatoms. The van der Waals surface area contributed by atoms with E-state index in [1.165, 1.54) is 25.7 Å². The highest BCUT2D eigenvalue weighted by Crippen LogP contribution is 2.38. The number of hydrogen-bond acceptors (Lipinski definition) is 2. The van der Waals surface area contributed by atoms with Gasteiger partial charge < -0.3 is 9.47 Å². The van der Waals surface area contributed by atoms with E-state index in [-0.39, 0.29) is 6.29 Å². The Hall–Kier alpha value is -1.07. The molecule has 0 amide bonds. The van der Waals surface area contributed by atoms with Crippen LogP contribution in [-0.4, -0.2) is 19.5 Å². The van der Waals surface area contributed by atoms with Crippen molar-refractivity contribution in [2.45, 2.75) is 70.5 Å². The molecule has 0 spiro atoms. The Bertz CT molecular complexity index is 620. The molecule has 0 bridgehead atoms. The molecule has 1 heterocycles. The van der Waals surface area contributed by atoms with E-state index in [2.05, 4.69) is 0 Å². The standard InChI is InChI=1S/C23H31F3O2/c24-20-11-16(12-21(25)22(20)26)6-5-15-7-9-18(10-8-15)23-27-13-19(14-28-23)17-3-1-2-4-17/h11-12,15,17-19,23H,1-10,13-14H2/t15-,18-,19-,23-. The van der Waals surface area contributed by atoms with Crippen molar-refractivity contribution in [3.05, 3.63) is 35.1 Å². The molecule has 0 aromatic heterocycles. The highest BCUT2D eigenvalue weighted by atomic mass is 19.2. The Morgan fingerprint density at radius 3 is 1.96 bits per heavy atom. The minimum Gasteiger partial charge on any atom is -0.352 e. The van der Waals surface area contributed by atoms with Crippen molar-refractivity contribution in [2.24, 2.45) is 23.7 Å². The van der Waals surface area contributed by atoms with E-state index in [0.717, 1.165) is 63.4 Å². The zero-order valence-electron chi connectivity index (χ0n) is 16.5. The predicted octanol–water partition coefficient (Wildman–Crippen LogP) is 6.02. The summed E-state index contributed by atoms with van der Waals surface area (Å²) in [5.41, 5.74) is 0.537. The smallest absolute Gasteiger partial charge is 0.194 e. The third-order valence-corrected chi connectivity index (χ3v) is 7.18. The van der Waals surface area contributed by atoms with Crippen LogP contribution in [0.25, 0.3) is 0 Å². The van der Waals surface area contributed by atoms with E-state index < -0.39 is 17.5 Å². The van der Waals surface area contributed by atoms with Crippen molar-refractivity contribution in [1.29, 1.82) is 0 Å². The molecule has 156 valence electrons. The first-order chi connectivity index (χ1) is 13.6. The summed E-state index contributed by atoms with van der Waals surface area (Å²) in [6, 6.07) is 2.24. The molecule has 1 aliphatic heterocycles. The fraction of sp³-hybridized carbons (Fsp3) is 0.739. The van der Waals surface area contributed by atoms with Crippen LogP contribution >= 0.6 is 0 Å². The monoisotopic (exact) mass is 396 g/mol. The summed E-state index contributed by atoms with van der Waals surface area (Å²) in [5.74, 6) is -1.21. The fourth-order valence-corrected chi connectivity index (χ4v) is 5.38. The number of hydrogen-bond donors (Lipinski definition) is 0. The second-order valence-electron chi connectivity index (χ2n) is 9.03. The van der Waals surface area contributed by atoms with Crippen LogP contribution in [0.1, 0.15) is 63.4 Å². The van der Waals surface area contributed by atoms with Gasteiger partial charge in [0.05, 0.1) is 13.2 Å². The van der Waals surface area contributed by atoms with Gasteiger partial charge in [0.25, 0.3) is 0 Å². The van der Waals surface area contributed by atoms with E-state index in [9.17, 15) is 13.2 Å². The molecule has 3 aliphatic rings. The molecule has 28 heavy (non-hydrogen) atoms. The van der Waals surface area contributed by atoms with Crippen LogP contribution in [0.3, 0.4) is 0 Å². The van der Waals surface area contributed by atoms with Crippen LogP contribution in [-0.2, 0) is 15.9 Å². The summed E-state index contributed by atoms with van der Waals surface area (Å²) in [4.78, 5) is 0. The lowest BCUT2D eigenvalue weighted by Crippen LogP contribution is -2.40. The molecule has 0 unspecified atom stereocenters. The normalized spacial score (nSPS) is 32.0. The maximum atomic E-state index is 13.3. The van der Waals surface area contributed by atoms with Gasteiger partial charge in [-0.25, -0.2) is 13.2 Å². The average molecular weight is 396 g/mol. The second kappa shape index (κ2) is 9.17. The number of ether oxygens (including phenoxy) is 2. The summed E-state index contributed by atoms with van der Waals surface area (Å²) in [7, 11) is 0. The van der Waals surface area contributed by atoms with Gasteiger partial charge in [-0.2, -0.15) is 0 Å². The molecule has 4 rings (SSSR count). The van der Waals surface area contributed by atoms with Crippen LogP contribution in [0.2, 0.25) is 0 Å². The molecule has 0 radical (unpaired) electrons. The molecule has 2 nitrogen and oxygen atoms in total. The van der Waals surface area contributed by atoms with E-state index >= 15 is 0 Å². The number of benzene rings is 1. The Morgan fingerprint density at radius 1 is 0.750 bits per heavy atom. The molecule has 0 atom stereocenters. The molecule has 1 saturated heterocycles. The van der Waals surface area contributed by atoms with Crippen molar-refractivity contribution in [3.63, 3.8) is 0 Å². The van der Waals surface area contributed by atoms with Gasteiger partial charge in [-0.15, -0.1) is 0 Å². The van der Waals surface area contributed by atoms with Crippen LogP contribution in [0, 0.1) is 41.1 Å². The number of halogens is 3. The molecule has 2 saturated carbocycles. The molecular formula is C23H31F3O2. The van der Waals surface area contributed by atoms with Gasteiger partial charge in [-0.3, -0.25) is 0 Å². The van der Waals surface area contributed by atoms with Crippen LogP contribution < -0.4 is 0 Å². The molecule has 1 aromatic carbocycles. The summed E-state index contributed by atoms with van der Waals surface area (Å²) in [6.45, 7) is 1.69. The zero-order valence-corrected chi connectivity index (χ0v) is 16.5. The van der Waals surface area contributed by atoms with Crippen molar-refractivity contribution in [1.82, 2.24) is 0 Å². The molecule has 2 aliphatic carbocycles. The van der Waals surface area contributed by atoms with Crippen LogP contribution in [0.15, 0.2) is 12.1 Å². The van der Waals surface area contributed by atoms with Gasteiger partial charge in [0.1, 0.15) is 0 Å². The van der Waals surface area contributed by atoms with Crippen LogP contribution in [0.4, 0.5) is 13.2 Å². The molecule has 1 aromatic rings. The van der Waals surface area contributed by atoms with E-state index in [1.807, 2.05) is 0 Å². The summed E-state index contributed by atoms with van der Waals surface area (Å²) < 4.78 is 52.0. The van der Waals surface area contributed by atoms with Crippen molar-refractivity contribution in [2.75, 3.05) is 13.2 Å². The van der Waals surface area contributed by atoms with E-state index in [1.54, 1.807) is 0 Å². The van der Waals surface area contributed by atoms with Gasteiger partial charge in [-0.1, -0.05) is 25.7 Å². The zero-order chi connectivity index (χ0) is 19.5. The average Bonchev–Trinajstić information content (AvgIpc) is 3.26. The third-order valence-electron chi connectivity index (χ3n) is 7.18. The Labute approximate surface area is 165 Å². The molecular weight excluding hydrogens is 365 g/mol. The summed E-state index contributed by atoms with van der Waals surface area (Å²) in [6.07, 6.45) is 11.1. The van der Waals surface area contributed by atoms with Crippen molar-refractivity contribution < 1.29 is 22.6 Å². The highest BCUT2D eigenvalue weighted by Gasteiger charge is 2.35. The van der Waals surface area contributed by atoms with E-state index in [0.29, 0.717) is 29.7 Å². The number of rotatable bonds is 5. The van der Waals surface area contributed by atoms with E-state index in [4.69, 9.17) is 9.47 Å². The van der Waals surface area contributed by atoms with Gasteiger partial charge in [0.15, 0.2) is 23.7 Å². The topological polar surface area (TPSA) is 18.5 Å². The highest BCUT2D eigenvalue weighted by molar-refractivity contribution is 5.19. The van der Waals surface area contributed by atoms with Gasteiger partial charge in [-0.05, 0) is 68.1 Å². The molecule has 0 N–H and O–H groups in total. The lowest BCUT2D eigenvalue weighted by Gasteiger charge is -2.39. The van der Waals surface area contributed by atoms with Gasteiger partial charge in [0.2, 0.25) is 0 Å². The van der Waals surface area contributed by atoms with Gasteiger partial charge >= 0.3 is 0 Å². The van der Waals surface area contributed by atoms with Crippen molar-refractivity contribution >= 4 is 0 Å². The third kappa shape index (κ3) is 4.73. The largest absolute Gasteiger partial charge is 0.352 e. The lowest BCUT2D eigenvalue weighted by atomic mass is 9.79. The predicted molar refractivity (Wildman–Crippen MR) is 101 cm³/mol. The molecule has 3 fully saturated rings. The number of aryl methyl sites for hydroxylation is 1. The maximum absolute atomic E-state index is 13.3. The fourth-order valence-electron chi connectivity index (χ4n) is 5.38. The first-order valence-electron chi connectivity index (χ1n) is 11.0. The lowest BCUT2D eigenvalue weighted by molar-refractivity contribution is -0.235.